The molecular weight excluding hydrogens is 284 g/mol. The monoisotopic (exact) mass is 310 g/mol. The Morgan fingerprint density at radius 3 is 2.29 bits per heavy atom. The highest BCUT2D eigenvalue weighted by Crippen LogP contribution is 2.28. The summed E-state index contributed by atoms with van der Waals surface area (Å²) in [5.74, 6) is 1.28. The van der Waals surface area contributed by atoms with Gasteiger partial charge in [0, 0.05) is 13.1 Å². The van der Waals surface area contributed by atoms with E-state index in [0.29, 0.717) is 17.4 Å². The molecule has 0 aliphatic heterocycles. The highest BCUT2D eigenvalue weighted by molar-refractivity contribution is 7.89. The predicted molar refractivity (Wildman–Crippen MR) is 85.5 cm³/mol. The van der Waals surface area contributed by atoms with Crippen molar-refractivity contribution >= 4 is 10.0 Å². The van der Waals surface area contributed by atoms with Crippen molar-refractivity contribution in [3.63, 3.8) is 0 Å². The van der Waals surface area contributed by atoms with Crippen molar-refractivity contribution in [2.75, 3.05) is 13.6 Å². The Morgan fingerprint density at radius 2 is 1.71 bits per heavy atom. The molecule has 1 aromatic carbocycles. The Hall–Kier alpha value is -0.910. The van der Waals surface area contributed by atoms with Crippen LogP contribution in [-0.2, 0) is 16.6 Å². The summed E-state index contributed by atoms with van der Waals surface area (Å²) in [6.07, 6.45) is 4.69. The Labute approximate surface area is 128 Å². The molecule has 0 bridgehead atoms. The van der Waals surface area contributed by atoms with E-state index in [1.165, 1.54) is 12.8 Å². The predicted octanol–water partition coefficient (Wildman–Crippen LogP) is 2.51. The molecule has 0 spiro atoms. The molecule has 0 heterocycles. The van der Waals surface area contributed by atoms with Crippen molar-refractivity contribution in [3.05, 3.63) is 29.8 Å². The summed E-state index contributed by atoms with van der Waals surface area (Å²) in [5, 5.41) is 3.05. The minimum absolute atomic E-state index is 0.353. The molecule has 21 heavy (non-hydrogen) atoms. The number of sulfonamides is 1. The molecule has 0 aromatic heterocycles. The number of nitrogens with one attached hydrogen (secondary N) is 2. The first kappa shape index (κ1) is 16.5. The van der Waals surface area contributed by atoms with Crippen LogP contribution in [0.25, 0.3) is 0 Å². The van der Waals surface area contributed by atoms with Crippen molar-refractivity contribution in [2.24, 2.45) is 11.8 Å². The number of hydrogen-bond acceptors (Lipinski definition) is 3. The third-order valence-electron chi connectivity index (χ3n) is 4.31. The van der Waals surface area contributed by atoms with Gasteiger partial charge in [0.25, 0.3) is 0 Å². The van der Waals surface area contributed by atoms with Gasteiger partial charge in [0.2, 0.25) is 10.0 Å². The van der Waals surface area contributed by atoms with E-state index < -0.39 is 10.0 Å². The van der Waals surface area contributed by atoms with Crippen molar-refractivity contribution < 1.29 is 8.42 Å². The van der Waals surface area contributed by atoms with E-state index >= 15 is 0 Å². The van der Waals surface area contributed by atoms with Gasteiger partial charge in [0.1, 0.15) is 0 Å². The van der Waals surface area contributed by atoms with Crippen LogP contribution in [0.4, 0.5) is 0 Å². The zero-order chi connectivity index (χ0) is 15.3. The largest absolute Gasteiger partial charge is 0.316 e. The Morgan fingerprint density at radius 1 is 1.10 bits per heavy atom. The number of hydrogen-bond donors (Lipinski definition) is 2. The Balaban J connectivity index is 1.91. The third kappa shape index (κ3) is 4.80. The molecule has 1 aromatic rings. The van der Waals surface area contributed by atoms with Crippen molar-refractivity contribution in [1.82, 2.24) is 10.0 Å². The van der Waals surface area contributed by atoms with Gasteiger partial charge in [-0.2, -0.15) is 0 Å². The molecule has 5 heteroatoms. The zero-order valence-electron chi connectivity index (χ0n) is 12.9. The van der Waals surface area contributed by atoms with Gasteiger partial charge in [-0.15, -0.1) is 0 Å². The molecule has 1 aliphatic rings. The molecule has 1 saturated carbocycles. The molecule has 0 atom stereocenters. The summed E-state index contributed by atoms with van der Waals surface area (Å²) in [5.41, 5.74) is 1.08. The van der Waals surface area contributed by atoms with Gasteiger partial charge in [-0.25, -0.2) is 13.1 Å². The van der Waals surface area contributed by atoms with Gasteiger partial charge in [-0.1, -0.05) is 31.9 Å². The number of rotatable bonds is 6. The fourth-order valence-electron chi connectivity index (χ4n) is 2.83. The fraction of sp³-hybridized carbons (Fsp3) is 0.625. The lowest BCUT2D eigenvalue weighted by molar-refractivity contribution is 0.290. The molecule has 4 nitrogen and oxygen atoms in total. The summed E-state index contributed by atoms with van der Waals surface area (Å²) < 4.78 is 27.3. The van der Waals surface area contributed by atoms with Crippen LogP contribution in [-0.4, -0.2) is 22.0 Å². The van der Waals surface area contributed by atoms with Gasteiger partial charge in [-0.3, -0.25) is 0 Å². The first-order chi connectivity index (χ1) is 10.0. The van der Waals surface area contributed by atoms with Crippen LogP contribution in [0.1, 0.15) is 38.2 Å². The lowest BCUT2D eigenvalue weighted by Crippen LogP contribution is -2.31. The quantitative estimate of drug-likeness (QED) is 0.849. The molecule has 2 N–H and O–H groups in total. The molecule has 1 fully saturated rings. The minimum Gasteiger partial charge on any atom is -0.316 e. The lowest BCUT2D eigenvalue weighted by atomic mass is 9.83. The normalized spacial score (nSPS) is 23.1. The van der Waals surface area contributed by atoms with Crippen LogP contribution >= 0.6 is 0 Å². The molecule has 0 saturated heterocycles. The van der Waals surface area contributed by atoms with Gasteiger partial charge in [-0.05, 0) is 49.4 Å². The topological polar surface area (TPSA) is 58.2 Å². The van der Waals surface area contributed by atoms with E-state index in [9.17, 15) is 8.42 Å². The van der Waals surface area contributed by atoms with E-state index in [0.717, 1.165) is 30.9 Å². The summed E-state index contributed by atoms with van der Waals surface area (Å²) >= 11 is 0. The summed E-state index contributed by atoms with van der Waals surface area (Å²) in [6.45, 7) is 3.58. The Bertz CT molecular complexity index is 532. The summed E-state index contributed by atoms with van der Waals surface area (Å²) in [4.78, 5) is 0.353. The Kier molecular flexibility index (Phi) is 5.79. The SMILES string of the molecule is CNCc1ccc(S(=O)(=O)NCC2CCC(C)CC2)cc1. The average Bonchev–Trinajstić information content (AvgIpc) is 2.48. The molecule has 0 radical (unpaired) electrons. The lowest BCUT2D eigenvalue weighted by Gasteiger charge is -2.26. The molecule has 1 aliphatic carbocycles. The fourth-order valence-corrected chi connectivity index (χ4v) is 3.95. The first-order valence-electron chi connectivity index (χ1n) is 7.74. The summed E-state index contributed by atoms with van der Waals surface area (Å²) in [6, 6.07) is 7.07. The average molecular weight is 310 g/mol. The van der Waals surface area contributed by atoms with Gasteiger partial charge in [0.05, 0.1) is 4.90 Å². The third-order valence-corrected chi connectivity index (χ3v) is 5.75. The van der Waals surface area contributed by atoms with Crippen LogP contribution in [0.2, 0.25) is 0 Å². The second-order valence-electron chi connectivity index (χ2n) is 6.15. The molecular formula is C16H26N2O2S. The van der Waals surface area contributed by atoms with Gasteiger partial charge in [0.15, 0.2) is 0 Å². The van der Waals surface area contributed by atoms with Crippen molar-refractivity contribution in [1.29, 1.82) is 0 Å². The maximum atomic E-state index is 12.3. The van der Waals surface area contributed by atoms with Gasteiger partial charge < -0.3 is 5.32 Å². The van der Waals surface area contributed by atoms with E-state index in [1.807, 2.05) is 19.2 Å². The maximum Gasteiger partial charge on any atom is 0.240 e. The number of benzene rings is 1. The maximum absolute atomic E-state index is 12.3. The van der Waals surface area contributed by atoms with Crippen LogP contribution in [0.3, 0.4) is 0 Å². The molecule has 0 amide bonds. The highest BCUT2D eigenvalue weighted by atomic mass is 32.2. The van der Waals surface area contributed by atoms with E-state index in [-0.39, 0.29) is 0 Å². The van der Waals surface area contributed by atoms with E-state index in [2.05, 4.69) is 17.0 Å². The smallest absolute Gasteiger partial charge is 0.240 e. The highest BCUT2D eigenvalue weighted by Gasteiger charge is 2.21. The molecule has 118 valence electrons. The van der Waals surface area contributed by atoms with Gasteiger partial charge >= 0.3 is 0 Å². The second-order valence-corrected chi connectivity index (χ2v) is 7.92. The van der Waals surface area contributed by atoms with E-state index in [1.54, 1.807) is 12.1 Å². The van der Waals surface area contributed by atoms with Crippen LogP contribution in [0, 0.1) is 11.8 Å². The van der Waals surface area contributed by atoms with Crippen LogP contribution in [0.5, 0.6) is 0 Å². The van der Waals surface area contributed by atoms with Crippen LogP contribution < -0.4 is 10.0 Å². The zero-order valence-corrected chi connectivity index (χ0v) is 13.7. The minimum atomic E-state index is -3.38. The second kappa shape index (κ2) is 7.38. The molecule has 2 rings (SSSR count). The summed E-state index contributed by atoms with van der Waals surface area (Å²) in [7, 11) is -1.50. The standard InChI is InChI=1S/C16H26N2O2S/c1-13-3-5-15(6-4-13)12-18-21(19,20)16-9-7-14(8-10-16)11-17-2/h7-10,13,15,17-18H,3-6,11-12H2,1-2H3. The van der Waals surface area contributed by atoms with E-state index in [4.69, 9.17) is 0 Å². The first-order valence-corrected chi connectivity index (χ1v) is 9.23. The molecule has 0 unspecified atom stereocenters. The van der Waals surface area contributed by atoms with Crippen LogP contribution in [0.15, 0.2) is 29.2 Å². The van der Waals surface area contributed by atoms with Crippen molar-refractivity contribution in [3.8, 4) is 0 Å². The van der Waals surface area contributed by atoms with Crippen molar-refractivity contribution in [2.45, 2.75) is 44.0 Å².